The largest absolute Gasteiger partial charge is 0.466 e. The van der Waals surface area contributed by atoms with Crippen LogP contribution in [0.2, 0.25) is 0 Å². The second-order valence-corrected chi connectivity index (χ2v) is 23.9. The quantitative estimate of drug-likeness (QED) is 0.0320. The fourth-order valence-electron chi connectivity index (χ4n) is 11.0. The highest BCUT2D eigenvalue weighted by molar-refractivity contribution is 5.76. The van der Waals surface area contributed by atoms with Crippen molar-refractivity contribution in [3.05, 3.63) is 24.3 Å². The van der Waals surface area contributed by atoms with Crippen LogP contribution in [0.1, 0.15) is 386 Å². The van der Waals surface area contributed by atoms with E-state index in [-0.39, 0.29) is 18.5 Å². The smallest absolute Gasteiger partial charge is 0.305 e. The maximum Gasteiger partial charge on any atom is 0.305 e. The van der Waals surface area contributed by atoms with Crippen molar-refractivity contribution in [2.75, 3.05) is 13.2 Å². The number of nitrogens with one attached hydrogen (secondary N) is 1. The monoisotopic (exact) mass is 1070 g/mol. The van der Waals surface area contributed by atoms with Crippen LogP contribution in [-0.2, 0) is 14.3 Å². The number of esters is 1. The van der Waals surface area contributed by atoms with Crippen molar-refractivity contribution in [2.24, 2.45) is 0 Å². The van der Waals surface area contributed by atoms with E-state index < -0.39 is 12.1 Å². The molecule has 0 bridgehead atoms. The zero-order valence-electron chi connectivity index (χ0n) is 51.5. The average Bonchev–Trinajstić information content (AvgIpc) is 3.42. The maximum atomic E-state index is 12.5. The van der Waals surface area contributed by atoms with Gasteiger partial charge in [0.25, 0.3) is 0 Å². The summed E-state index contributed by atoms with van der Waals surface area (Å²) in [7, 11) is 0. The van der Waals surface area contributed by atoms with Crippen LogP contribution in [0.5, 0.6) is 0 Å². The van der Waals surface area contributed by atoms with Crippen molar-refractivity contribution < 1.29 is 24.5 Å². The summed E-state index contributed by atoms with van der Waals surface area (Å²) in [5, 5.41) is 23.3. The Morgan fingerprint density at radius 3 is 1.00 bits per heavy atom. The van der Waals surface area contributed by atoms with Crippen molar-refractivity contribution in [1.29, 1.82) is 0 Å². The summed E-state index contributed by atoms with van der Waals surface area (Å²) in [5.41, 5.74) is 0. The predicted molar refractivity (Wildman–Crippen MR) is 333 cm³/mol. The number of ether oxygens (including phenoxy) is 1. The first-order chi connectivity index (χ1) is 37.5. The van der Waals surface area contributed by atoms with Gasteiger partial charge in [0.15, 0.2) is 0 Å². The molecule has 2 atom stereocenters. The lowest BCUT2D eigenvalue weighted by Gasteiger charge is -2.22. The summed E-state index contributed by atoms with van der Waals surface area (Å²) in [6, 6.07) is -0.546. The molecule has 0 radical (unpaired) electrons. The van der Waals surface area contributed by atoms with Crippen molar-refractivity contribution >= 4 is 11.9 Å². The molecule has 0 aromatic carbocycles. The summed E-state index contributed by atoms with van der Waals surface area (Å²) in [6.07, 6.45) is 82.2. The van der Waals surface area contributed by atoms with Crippen molar-refractivity contribution in [2.45, 2.75) is 398 Å². The molecule has 2 unspecified atom stereocenters. The highest BCUT2D eigenvalue weighted by Crippen LogP contribution is 2.19. The van der Waals surface area contributed by atoms with Crippen molar-refractivity contribution in [1.82, 2.24) is 5.32 Å². The zero-order chi connectivity index (χ0) is 55.0. The van der Waals surface area contributed by atoms with Crippen molar-refractivity contribution in [3.63, 3.8) is 0 Å². The van der Waals surface area contributed by atoms with Crippen molar-refractivity contribution in [3.8, 4) is 0 Å². The normalized spacial score (nSPS) is 12.6. The highest BCUT2D eigenvalue weighted by Gasteiger charge is 2.20. The molecule has 0 spiro atoms. The minimum absolute atomic E-state index is 0.0145. The van der Waals surface area contributed by atoms with E-state index >= 15 is 0 Å². The first kappa shape index (κ1) is 74.3. The van der Waals surface area contributed by atoms with Gasteiger partial charge in [-0.2, -0.15) is 0 Å². The summed E-state index contributed by atoms with van der Waals surface area (Å²) < 4.78 is 5.51. The summed E-state index contributed by atoms with van der Waals surface area (Å²) in [5.74, 6) is -0.0241. The van der Waals surface area contributed by atoms with Gasteiger partial charge in [-0.25, -0.2) is 0 Å². The molecule has 0 aliphatic rings. The molecule has 0 saturated heterocycles. The van der Waals surface area contributed by atoms with Crippen LogP contribution >= 0.6 is 0 Å². The molecule has 6 heteroatoms. The van der Waals surface area contributed by atoms with Gasteiger partial charge in [0, 0.05) is 12.8 Å². The van der Waals surface area contributed by atoms with E-state index in [0.29, 0.717) is 25.9 Å². The molecule has 0 rings (SSSR count). The van der Waals surface area contributed by atoms with Crippen LogP contribution in [-0.4, -0.2) is 47.4 Å². The topological polar surface area (TPSA) is 95.9 Å². The Bertz CT molecular complexity index is 1190. The lowest BCUT2D eigenvalue weighted by atomic mass is 10.0. The number of unbranched alkanes of at least 4 members (excludes halogenated alkanes) is 50. The molecule has 0 aliphatic carbocycles. The average molecular weight is 1070 g/mol. The second-order valence-electron chi connectivity index (χ2n) is 23.9. The number of aliphatic hydroxyl groups excluding tert-OH is 2. The van der Waals surface area contributed by atoms with Gasteiger partial charge in [0.2, 0.25) is 5.91 Å². The SMILES string of the molecule is CCCCCCCCCCCCCCCCCCCCCC(=O)OCCCCCCCCCCC/C=C\C/C=C\CCCCCCCCCCCC(=O)NC(CO)C(O)CCCCCCCCCCCCCCCCC. The van der Waals surface area contributed by atoms with Crippen LogP contribution in [0.3, 0.4) is 0 Å². The molecule has 0 aliphatic heterocycles. The Morgan fingerprint density at radius 1 is 0.368 bits per heavy atom. The van der Waals surface area contributed by atoms with Gasteiger partial charge >= 0.3 is 5.97 Å². The number of rotatable bonds is 65. The molecule has 0 saturated carbocycles. The number of amides is 1. The zero-order valence-corrected chi connectivity index (χ0v) is 51.5. The third kappa shape index (κ3) is 61.6. The molecule has 450 valence electrons. The highest BCUT2D eigenvalue weighted by atomic mass is 16.5. The predicted octanol–water partition coefficient (Wildman–Crippen LogP) is 22.1. The van der Waals surface area contributed by atoms with Gasteiger partial charge in [-0.05, 0) is 57.8 Å². The van der Waals surface area contributed by atoms with Crippen LogP contribution in [0.15, 0.2) is 24.3 Å². The third-order valence-corrected chi connectivity index (χ3v) is 16.3. The van der Waals surface area contributed by atoms with Crippen LogP contribution in [0.25, 0.3) is 0 Å². The van der Waals surface area contributed by atoms with Gasteiger partial charge in [-0.1, -0.05) is 340 Å². The molecule has 76 heavy (non-hydrogen) atoms. The number of carbonyl (C=O) groups excluding carboxylic acids is 2. The Kier molecular flexibility index (Phi) is 64.4. The minimum Gasteiger partial charge on any atom is -0.466 e. The molecule has 1 amide bonds. The molecule has 0 aromatic heterocycles. The van der Waals surface area contributed by atoms with Gasteiger partial charge in [0.1, 0.15) is 0 Å². The third-order valence-electron chi connectivity index (χ3n) is 16.3. The Balaban J connectivity index is 3.40. The number of hydrogen-bond acceptors (Lipinski definition) is 5. The van der Waals surface area contributed by atoms with E-state index in [1.807, 2.05) is 0 Å². The maximum absolute atomic E-state index is 12.5. The van der Waals surface area contributed by atoms with E-state index in [1.165, 1.54) is 308 Å². The number of allylic oxidation sites excluding steroid dienone is 4. The Hall–Kier alpha value is -1.66. The molecule has 0 fully saturated rings. The van der Waals surface area contributed by atoms with E-state index in [2.05, 4.69) is 43.5 Å². The van der Waals surface area contributed by atoms with E-state index in [4.69, 9.17) is 4.74 Å². The van der Waals surface area contributed by atoms with Crippen LogP contribution in [0.4, 0.5) is 0 Å². The second kappa shape index (κ2) is 65.9. The minimum atomic E-state index is -0.668. The Morgan fingerprint density at radius 2 is 0.658 bits per heavy atom. The van der Waals surface area contributed by atoms with Crippen LogP contribution < -0.4 is 5.32 Å². The lowest BCUT2D eigenvalue weighted by molar-refractivity contribution is -0.143. The number of hydrogen-bond donors (Lipinski definition) is 3. The van der Waals surface area contributed by atoms with Gasteiger partial charge in [-0.3, -0.25) is 9.59 Å². The standard InChI is InChI=1S/C70H135NO5/c1-3-5-7-9-11-13-15-17-19-20-28-32-36-40-44-48-52-56-60-64-70(75)76-65-61-57-53-49-45-41-37-33-30-27-25-23-21-22-24-26-29-31-35-39-43-47-51-55-59-63-69(74)71-67(66-72)68(73)62-58-54-50-46-42-38-34-18-16-14-12-10-8-6-4-2/h22-25,67-68,72-73H,3-21,26-66H2,1-2H3,(H,71,74)/b24-22-,25-23-. The van der Waals surface area contributed by atoms with Gasteiger partial charge in [-0.15, -0.1) is 0 Å². The first-order valence-corrected chi connectivity index (χ1v) is 34.6. The molecular formula is C70H135NO5. The summed E-state index contributed by atoms with van der Waals surface area (Å²) in [4.78, 5) is 24.6. The molecule has 6 nitrogen and oxygen atoms in total. The van der Waals surface area contributed by atoms with E-state index in [0.717, 1.165) is 44.9 Å². The van der Waals surface area contributed by atoms with Gasteiger partial charge < -0.3 is 20.3 Å². The van der Waals surface area contributed by atoms with E-state index in [9.17, 15) is 19.8 Å². The molecular weight excluding hydrogens is 935 g/mol. The molecule has 0 aromatic rings. The fraction of sp³-hybridized carbons (Fsp3) is 0.914. The fourth-order valence-corrected chi connectivity index (χ4v) is 11.0. The summed E-state index contributed by atoms with van der Waals surface area (Å²) in [6.45, 7) is 4.98. The first-order valence-electron chi connectivity index (χ1n) is 34.6. The van der Waals surface area contributed by atoms with Crippen LogP contribution in [0, 0.1) is 0 Å². The van der Waals surface area contributed by atoms with Gasteiger partial charge in [0.05, 0.1) is 25.4 Å². The summed E-state index contributed by atoms with van der Waals surface area (Å²) >= 11 is 0. The van der Waals surface area contributed by atoms with E-state index in [1.54, 1.807) is 0 Å². The number of aliphatic hydroxyl groups is 2. The lowest BCUT2D eigenvalue weighted by Crippen LogP contribution is -2.45. The number of carbonyl (C=O) groups is 2. The molecule has 0 heterocycles. The molecule has 3 N–H and O–H groups in total. The Labute approximate surface area is 475 Å².